The largest absolute Gasteiger partial charge is 0.469 e. The molecule has 1 aliphatic rings. The average molecular weight is 225 g/mol. The molecular formula is C6H12NO6P. The van der Waals surface area contributed by atoms with E-state index in [1.165, 1.54) is 0 Å². The minimum atomic E-state index is -4.56. The highest BCUT2D eigenvalue weighted by Crippen LogP contribution is 2.36. The Hall–Kier alpha value is -0.300. The highest BCUT2D eigenvalue weighted by molar-refractivity contribution is 7.46. The third-order valence-corrected chi connectivity index (χ3v) is 2.37. The van der Waals surface area contributed by atoms with Gasteiger partial charge in [0, 0.05) is 0 Å². The molecule has 3 unspecified atom stereocenters. The van der Waals surface area contributed by atoms with Crippen LogP contribution in [0.15, 0.2) is 4.99 Å². The fourth-order valence-corrected chi connectivity index (χ4v) is 1.45. The maximum Gasteiger partial charge on any atom is 0.469 e. The second-order valence-electron chi connectivity index (χ2n) is 3.06. The van der Waals surface area contributed by atoms with Gasteiger partial charge in [-0.1, -0.05) is 0 Å². The number of aliphatic hydroxyl groups excluding tert-OH is 2. The molecule has 0 saturated carbocycles. The van der Waals surface area contributed by atoms with Crippen LogP contribution >= 0.6 is 7.82 Å². The summed E-state index contributed by atoms with van der Waals surface area (Å²) in [4.78, 5) is 20.6. The maximum atomic E-state index is 10.3. The summed E-state index contributed by atoms with van der Waals surface area (Å²) in [6, 6.07) is -0.486. The Balaban J connectivity index is 2.55. The van der Waals surface area contributed by atoms with Gasteiger partial charge in [0.05, 0.1) is 18.4 Å². The molecule has 0 saturated heterocycles. The number of hydrogen-bond acceptors (Lipinski definition) is 5. The fourth-order valence-electron chi connectivity index (χ4n) is 1.15. The van der Waals surface area contributed by atoms with Gasteiger partial charge < -0.3 is 20.0 Å². The summed E-state index contributed by atoms with van der Waals surface area (Å²) >= 11 is 0. The average Bonchev–Trinajstić information content (AvgIpc) is 2.28. The number of aliphatic hydroxyl groups is 2. The summed E-state index contributed by atoms with van der Waals surface area (Å²) in [5.41, 5.74) is 0.0494. The summed E-state index contributed by atoms with van der Waals surface area (Å²) in [5, 5.41) is 18.6. The number of phosphoric ester groups is 1. The lowest BCUT2D eigenvalue weighted by molar-refractivity contribution is 0.0570. The lowest BCUT2D eigenvalue weighted by Crippen LogP contribution is -2.34. The zero-order valence-electron chi connectivity index (χ0n) is 7.44. The Bertz CT molecular complexity index is 286. The van der Waals surface area contributed by atoms with Crippen molar-refractivity contribution in [3.8, 4) is 0 Å². The highest BCUT2D eigenvalue weighted by Gasteiger charge is 2.34. The van der Waals surface area contributed by atoms with Gasteiger partial charge in [-0.2, -0.15) is 0 Å². The van der Waals surface area contributed by atoms with Crippen molar-refractivity contribution >= 4 is 13.5 Å². The summed E-state index contributed by atoms with van der Waals surface area (Å²) < 4.78 is 14.5. The Morgan fingerprint density at radius 1 is 1.50 bits per heavy atom. The van der Waals surface area contributed by atoms with Gasteiger partial charge in [-0.05, 0) is 6.92 Å². The number of nitrogens with zero attached hydrogens (tertiary/aromatic N) is 1. The molecule has 8 heteroatoms. The van der Waals surface area contributed by atoms with E-state index in [4.69, 9.17) is 9.79 Å². The minimum Gasteiger partial charge on any atom is -0.388 e. The standard InChI is InChI=1S/C6H12NO6P/c1-3-5(8)6(9)4(7-3)2-13-14(10,11)12/h3,5-6,8-9H,2H2,1H3,(H2,10,11,12). The summed E-state index contributed by atoms with van der Waals surface area (Å²) in [6.45, 7) is 1.10. The maximum absolute atomic E-state index is 10.3. The van der Waals surface area contributed by atoms with Gasteiger partial charge in [-0.3, -0.25) is 9.52 Å². The molecule has 0 spiro atoms. The second kappa shape index (κ2) is 4.06. The lowest BCUT2D eigenvalue weighted by atomic mass is 10.1. The van der Waals surface area contributed by atoms with Gasteiger partial charge in [0.15, 0.2) is 0 Å². The minimum absolute atomic E-state index is 0.0494. The Kier molecular flexibility index (Phi) is 3.41. The van der Waals surface area contributed by atoms with Crippen LogP contribution in [0.4, 0.5) is 0 Å². The summed E-state index contributed by atoms with van der Waals surface area (Å²) in [6.07, 6.45) is -2.25. The molecule has 3 atom stereocenters. The Labute approximate surface area is 80.3 Å². The molecule has 7 nitrogen and oxygen atoms in total. The zero-order chi connectivity index (χ0) is 10.9. The molecule has 0 aromatic heterocycles. The van der Waals surface area contributed by atoms with Gasteiger partial charge in [-0.25, -0.2) is 4.57 Å². The molecule has 0 aliphatic carbocycles. The second-order valence-corrected chi connectivity index (χ2v) is 4.30. The topological polar surface area (TPSA) is 120 Å². The van der Waals surface area contributed by atoms with Gasteiger partial charge in [0.25, 0.3) is 0 Å². The van der Waals surface area contributed by atoms with Crippen LogP contribution in [-0.4, -0.2) is 50.6 Å². The van der Waals surface area contributed by atoms with Crippen molar-refractivity contribution in [1.29, 1.82) is 0 Å². The fraction of sp³-hybridized carbons (Fsp3) is 0.833. The first kappa shape index (κ1) is 11.8. The number of hydrogen-bond donors (Lipinski definition) is 4. The van der Waals surface area contributed by atoms with Crippen molar-refractivity contribution < 1.29 is 29.1 Å². The van der Waals surface area contributed by atoms with E-state index in [-0.39, 0.29) is 5.71 Å². The van der Waals surface area contributed by atoms with Crippen molar-refractivity contribution in [2.24, 2.45) is 4.99 Å². The van der Waals surface area contributed by atoms with E-state index in [0.717, 1.165) is 0 Å². The molecule has 1 rings (SSSR count). The number of rotatable bonds is 3. The highest BCUT2D eigenvalue weighted by atomic mass is 31.2. The van der Waals surface area contributed by atoms with Gasteiger partial charge in [0.1, 0.15) is 12.2 Å². The van der Waals surface area contributed by atoms with Gasteiger partial charge in [-0.15, -0.1) is 0 Å². The van der Waals surface area contributed by atoms with Crippen LogP contribution < -0.4 is 0 Å². The van der Waals surface area contributed by atoms with Crippen LogP contribution in [0.2, 0.25) is 0 Å². The summed E-state index contributed by atoms with van der Waals surface area (Å²) in [5.74, 6) is 0. The van der Waals surface area contributed by atoms with E-state index in [1.807, 2.05) is 0 Å². The van der Waals surface area contributed by atoms with Gasteiger partial charge >= 0.3 is 7.82 Å². The van der Waals surface area contributed by atoms with Crippen LogP contribution in [-0.2, 0) is 9.09 Å². The van der Waals surface area contributed by atoms with E-state index in [1.54, 1.807) is 6.92 Å². The van der Waals surface area contributed by atoms with Crippen molar-refractivity contribution in [2.75, 3.05) is 6.61 Å². The molecule has 0 fully saturated rings. The molecule has 0 bridgehead atoms. The van der Waals surface area contributed by atoms with Crippen LogP contribution in [0.3, 0.4) is 0 Å². The number of phosphoric acid groups is 1. The van der Waals surface area contributed by atoms with E-state index < -0.39 is 32.7 Å². The molecule has 4 N–H and O–H groups in total. The van der Waals surface area contributed by atoms with Crippen LogP contribution in [0.1, 0.15) is 6.92 Å². The first-order valence-electron chi connectivity index (χ1n) is 3.94. The van der Waals surface area contributed by atoms with Crippen LogP contribution in [0.25, 0.3) is 0 Å². The van der Waals surface area contributed by atoms with Crippen molar-refractivity contribution in [1.82, 2.24) is 0 Å². The van der Waals surface area contributed by atoms with E-state index in [2.05, 4.69) is 9.52 Å². The summed E-state index contributed by atoms with van der Waals surface area (Å²) in [7, 11) is -4.56. The normalized spacial score (nSPS) is 33.2. The molecule has 1 heterocycles. The number of aliphatic imine (C=N–C) groups is 1. The van der Waals surface area contributed by atoms with Crippen LogP contribution in [0, 0.1) is 0 Å². The molecule has 0 radical (unpaired) electrons. The van der Waals surface area contributed by atoms with Crippen molar-refractivity contribution in [3.05, 3.63) is 0 Å². The first-order chi connectivity index (χ1) is 6.31. The predicted octanol–water partition coefficient (Wildman–Crippen LogP) is -1.34. The molecule has 0 aromatic rings. The first-order valence-corrected chi connectivity index (χ1v) is 5.47. The quantitative estimate of drug-likeness (QED) is 0.441. The van der Waals surface area contributed by atoms with E-state index >= 15 is 0 Å². The third-order valence-electron chi connectivity index (χ3n) is 1.91. The Morgan fingerprint density at radius 3 is 2.43 bits per heavy atom. The lowest BCUT2D eigenvalue weighted by Gasteiger charge is -2.12. The van der Waals surface area contributed by atoms with Gasteiger partial charge in [0.2, 0.25) is 0 Å². The van der Waals surface area contributed by atoms with Crippen molar-refractivity contribution in [3.63, 3.8) is 0 Å². The third kappa shape index (κ3) is 2.84. The zero-order valence-corrected chi connectivity index (χ0v) is 8.33. The smallest absolute Gasteiger partial charge is 0.388 e. The van der Waals surface area contributed by atoms with E-state index in [0.29, 0.717) is 0 Å². The molecule has 82 valence electrons. The monoisotopic (exact) mass is 225 g/mol. The predicted molar refractivity (Wildman–Crippen MR) is 46.9 cm³/mol. The molecule has 14 heavy (non-hydrogen) atoms. The van der Waals surface area contributed by atoms with E-state index in [9.17, 15) is 14.8 Å². The molecular weight excluding hydrogens is 213 g/mol. The van der Waals surface area contributed by atoms with Crippen molar-refractivity contribution in [2.45, 2.75) is 25.2 Å². The molecule has 0 amide bonds. The SMILES string of the molecule is CC1N=C(COP(=O)(O)O)C(O)C1O. The molecule has 1 aliphatic heterocycles. The molecule has 0 aromatic carbocycles. The van der Waals surface area contributed by atoms with Crippen LogP contribution in [0.5, 0.6) is 0 Å². The Morgan fingerprint density at radius 2 is 2.07 bits per heavy atom.